The molecule has 2 aliphatic rings. The fourth-order valence-corrected chi connectivity index (χ4v) is 4.33. The molecule has 0 spiro atoms. The van der Waals surface area contributed by atoms with Crippen molar-refractivity contribution < 1.29 is 9.59 Å². The number of amides is 2. The van der Waals surface area contributed by atoms with Crippen molar-refractivity contribution >= 4 is 33.4 Å². The third-order valence-corrected chi connectivity index (χ3v) is 5.92. The van der Waals surface area contributed by atoms with Crippen molar-refractivity contribution in [1.82, 2.24) is 15.1 Å². The van der Waals surface area contributed by atoms with Crippen molar-refractivity contribution in [2.75, 3.05) is 11.4 Å². The molecule has 7 heteroatoms. The molecule has 2 heterocycles. The lowest BCUT2D eigenvalue weighted by Crippen LogP contribution is -2.32. The van der Waals surface area contributed by atoms with Gasteiger partial charge in [0.05, 0.1) is 24.2 Å². The normalized spacial score (nSPS) is 20.4. The van der Waals surface area contributed by atoms with E-state index in [1.165, 1.54) is 25.7 Å². The number of carbonyl (C=O) groups is 2. The van der Waals surface area contributed by atoms with Crippen LogP contribution in [0.2, 0.25) is 0 Å². The molecule has 2 amide bonds. The highest BCUT2D eigenvalue weighted by Crippen LogP contribution is 2.29. The summed E-state index contributed by atoms with van der Waals surface area (Å²) >= 11 is 3.42. The summed E-state index contributed by atoms with van der Waals surface area (Å²) in [4.78, 5) is 26.6. The van der Waals surface area contributed by atoms with E-state index in [1.54, 1.807) is 4.90 Å². The average molecular weight is 431 g/mol. The van der Waals surface area contributed by atoms with Crippen LogP contribution in [-0.4, -0.2) is 28.1 Å². The molecule has 1 aromatic carbocycles. The molecule has 0 radical (unpaired) electrons. The molecule has 1 saturated heterocycles. The molecule has 0 bridgehead atoms. The van der Waals surface area contributed by atoms with Crippen LogP contribution in [0.3, 0.4) is 0 Å². The molecule has 2 fully saturated rings. The van der Waals surface area contributed by atoms with E-state index in [9.17, 15) is 9.59 Å². The number of anilines is 1. The predicted octanol–water partition coefficient (Wildman–Crippen LogP) is 3.43. The number of nitrogens with one attached hydrogen (secondary N) is 1. The van der Waals surface area contributed by atoms with E-state index in [0.717, 1.165) is 15.9 Å². The van der Waals surface area contributed by atoms with Crippen molar-refractivity contribution in [2.45, 2.75) is 44.7 Å². The summed E-state index contributed by atoms with van der Waals surface area (Å²) in [7, 11) is 0. The van der Waals surface area contributed by atoms with Gasteiger partial charge in [0.15, 0.2) is 0 Å². The van der Waals surface area contributed by atoms with Crippen molar-refractivity contribution in [2.24, 2.45) is 5.92 Å². The first kappa shape index (κ1) is 18.2. The summed E-state index contributed by atoms with van der Waals surface area (Å²) in [5, 5.41) is 7.54. The number of halogens is 1. The number of aromatic nitrogens is 2. The Hall–Kier alpha value is -2.15. The molecule has 1 saturated carbocycles. The van der Waals surface area contributed by atoms with E-state index in [4.69, 9.17) is 0 Å². The quantitative estimate of drug-likeness (QED) is 0.789. The molecule has 1 atom stereocenters. The van der Waals surface area contributed by atoms with E-state index >= 15 is 0 Å². The Bertz CT molecular complexity index is 844. The first-order valence-electron chi connectivity index (χ1n) is 9.48. The number of hydrogen-bond donors (Lipinski definition) is 1. The molecule has 4 rings (SSSR count). The Morgan fingerprint density at radius 2 is 2.07 bits per heavy atom. The van der Waals surface area contributed by atoms with Crippen LogP contribution in [0.15, 0.2) is 41.0 Å². The molecule has 1 aliphatic heterocycles. The monoisotopic (exact) mass is 430 g/mol. The van der Waals surface area contributed by atoms with Gasteiger partial charge in [-0.3, -0.25) is 14.3 Å². The van der Waals surface area contributed by atoms with Gasteiger partial charge in [0, 0.05) is 29.3 Å². The van der Waals surface area contributed by atoms with Crippen LogP contribution in [0.4, 0.5) is 5.69 Å². The van der Waals surface area contributed by atoms with Gasteiger partial charge >= 0.3 is 0 Å². The summed E-state index contributed by atoms with van der Waals surface area (Å²) in [6.07, 6.45) is 7.15. The Kier molecular flexibility index (Phi) is 5.29. The second-order valence-corrected chi connectivity index (χ2v) is 8.24. The third-order valence-electron chi connectivity index (χ3n) is 5.42. The molecule has 27 heavy (non-hydrogen) atoms. The first-order chi connectivity index (χ1) is 13.1. The maximum Gasteiger partial charge on any atom is 0.227 e. The maximum absolute atomic E-state index is 12.5. The van der Waals surface area contributed by atoms with Crippen LogP contribution in [-0.2, 0) is 16.1 Å². The van der Waals surface area contributed by atoms with Crippen molar-refractivity contribution in [3.05, 3.63) is 46.7 Å². The van der Waals surface area contributed by atoms with E-state index in [1.807, 2.05) is 41.2 Å². The van der Waals surface area contributed by atoms with Gasteiger partial charge < -0.3 is 10.2 Å². The molecule has 6 nitrogen and oxygen atoms in total. The number of rotatable bonds is 5. The van der Waals surface area contributed by atoms with Gasteiger partial charge in [-0.1, -0.05) is 34.8 Å². The molecule has 2 aromatic rings. The van der Waals surface area contributed by atoms with Crippen LogP contribution in [0.5, 0.6) is 0 Å². The van der Waals surface area contributed by atoms with Crippen LogP contribution < -0.4 is 10.2 Å². The number of hydrogen-bond acceptors (Lipinski definition) is 3. The minimum absolute atomic E-state index is 0.0150. The zero-order valence-electron chi connectivity index (χ0n) is 15.1. The molecular weight excluding hydrogens is 408 g/mol. The van der Waals surface area contributed by atoms with E-state index in [2.05, 4.69) is 26.3 Å². The Balaban J connectivity index is 1.33. The maximum atomic E-state index is 12.5. The lowest BCUT2D eigenvalue weighted by atomic mass is 10.1. The second-order valence-electron chi connectivity index (χ2n) is 7.33. The minimum atomic E-state index is -0.326. The van der Waals surface area contributed by atoms with Crippen LogP contribution in [0.1, 0.15) is 43.8 Å². The zero-order valence-corrected chi connectivity index (χ0v) is 16.7. The second kappa shape index (κ2) is 7.84. The first-order valence-corrected chi connectivity index (χ1v) is 10.3. The van der Waals surface area contributed by atoms with Crippen molar-refractivity contribution in [3.63, 3.8) is 0 Å². The lowest BCUT2D eigenvalue weighted by Gasteiger charge is -2.17. The molecule has 1 aliphatic carbocycles. The Labute approximate surface area is 167 Å². The van der Waals surface area contributed by atoms with Gasteiger partial charge in [-0.2, -0.15) is 5.10 Å². The van der Waals surface area contributed by atoms with Crippen LogP contribution in [0, 0.1) is 5.92 Å². The van der Waals surface area contributed by atoms with Crippen LogP contribution in [0.25, 0.3) is 0 Å². The third kappa shape index (κ3) is 4.08. The summed E-state index contributed by atoms with van der Waals surface area (Å²) in [6.45, 7) is 0.817. The van der Waals surface area contributed by atoms with Crippen LogP contribution >= 0.6 is 15.9 Å². The fraction of sp³-hybridized carbons (Fsp3) is 0.450. The lowest BCUT2D eigenvalue weighted by molar-refractivity contribution is -0.126. The number of benzene rings is 1. The van der Waals surface area contributed by atoms with Gasteiger partial charge in [0.2, 0.25) is 11.8 Å². The Morgan fingerprint density at radius 1 is 1.26 bits per heavy atom. The van der Waals surface area contributed by atoms with E-state index < -0.39 is 0 Å². The summed E-state index contributed by atoms with van der Waals surface area (Å²) < 4.78 is 2.95. The minimum Gasteiger partial charge on any atom is -0.350 e. The summed E-state index contributed by atoms with van der Waals surface area (Å²) in [5.74, 6) is -0.427. The van der Waals surface area contributed by atoms with E-state index in [0.29, 0.717) is 19.1 Å². The number of nitrogens with zero attached hydrogens (tertiary/aromatic N) is 3. The topological polar surface area (TPSA) is 67.2 Å². The average Bonchev–Trinajstić information content (AvgIpc) is 3.40. The molecular formula is C20H23BrN4O2. The van der Waals surface area contributed by atoms with Gasteiger partial charge in [-0.15, -0.1) is 0 Å². The smallest absolute Gasteiger partial charge is 0.227 e. The predicted molar refractivity (Wildman–Crippen MR) is 106 cm³/mol. The highest BCUT2D eigenvalue weighted by molar-refractivity contribution is 9.10. The SMILES string of the molecule is O=C(NCc1ccn(C2CCCC2)n1)[C@H]1CC(=O)N(c2cccc(Br)c2)C1. The van der Waals surface area contributed by atoms with Gasteiger partial charge in [0.25, 0.3) is 0 Å². The number of carbonyl (C=O) groups excluding carboxylic acids is 2. The van der Waals surface area contributed by atoms with Crippen molar-refractivity contribution in [3.8, 4) is 0 Å². The van der Waals surface area contributed by atoms with Crippen molar-refractivity contribution in [1.29, 1.82) is 0 Å². The fourth-order valence-electron chi connectivity index (χ4n) is 3.94. The summed E-state index contributed by atoms with van der Waals surface area (Å²) in [6, 6.07) is 10.1. The standard InChI is InChI=1S/C20H23BrN4O2/c21-15-4-3-7-18(11-15)24-13-14(10-19(24)26)20(27)22-12-16-8-9-25(23-16)17-5-1-2-6-17/h3-4,7-9,11,14,17H,1-2,5-6,10,12-13H2,(H,22,27)/t14-/m0/s1. The molecule has 0 unspecified atom stereocenters. The summed E-state index contributed by atoms with van der Waals surface area (Å²) in [5.41, 5.74) is 1.68. The molecule has 1 N–H and O–H groups in total. The zero-order chi connectivity index (χ0) is 18.8. The van der Waals surface area contributed by atoms with Gasteiger partial charge in [0.1, 0.15) is 0 Å². The molecule has 1 aromatic heterocycles. The Morgan fingerprint density at radius 3 is 2.85 bits per heavy atom. The van der Waals surface area contributed by atoms with Gasteiger partial charge in [-0.05, 0) is 37.1 Å². The molecule has 142 valence electrons. The highest BCUT2D eigenvalue weighted by atomic mass is 79.9. The largest absolute Gasteiger partial charge is 0.350 e. The van der Waals surface area contributed by atoms with E-state index in [-0.39, 0.29) is 24.2 Å². The van der Waals surface area contributed by atoms with Gasteiger partial charge in [-0.25, -0.2) is 0 Å². The highest BCUT2D eigenvalue weighted by Gasteiger charge is 2.35.